The van der Waals surface area contributed by atoms with Gasteiger partial charge in [-0.3, -0.25) is 18.9 Å². The molecule has 0 spiro atoms. The first-order chi connectivity index (χ1) is 26.5. The van der Waals surface area contributed by atoms with Crippen LogP contribution in [0.15, 0.2) is 47.6 Å². The summed E-state index contributed by atoms with van der Waals surface area (Å²) in [5.41, 5.74) is 2.32. The maximum atomic E-state index is 13.9. The topological polar surface area (TPSA) is 266 Å². The third-order valence-corrected chi connectivity index (χ3v) is 11.6. The zero-order valence-corrected chi connectivity index (χ0v) is 34.3. The fourth-order valence-electron chi connectivity index (χ4n) is 6.72. The van der Waals surface area contributed by atoms with E-state index in [1.54, 1.807) is 89.2 Å². The molecule has 0 radical (unpaired) electrons. The molecular weight excluding hydrogens is 783 g/mol. The van der Waals surface area contributed by atoms with Crippen LogP contribution < -0.4 is 25.6 Å². The molecule has 4 rings (SSSR count). The van der Waals surface area contributed by atoms with Crippen molar-refractivity contribution in [1.82, 2.24) is 25.3 Å². The zero-order valence-electron chi connectivity index (χ0n) is 32.7. The van der Waals surface area contributed by atoms with Gasteiger partial charge in [0, 0.05) is 55.7 Å². The molecule has 0 saturated heterocycles. The number of amides is 2. The van der Waals surface area contributed by atoms with Gasteiger partial charge in [0.2, 0.25) is 15.9 Å². The van der Waals surface area contributed by atoms with Gasteiger partial charge in [0.05, 0.1) is 10.6 Å². The lowest BCUT2D eigenvalue weighted by atomic mass is 9.92. The number of nitrogens with one attached hydrogen (secondary N) is 5. The number of alkyl carbamates (subject to hydrolysis) is 1. The molecule has 7 N–H and O–H groups in total. The van der Waals surface area contributed by atoms with Crippen LogP contribution >= 0.6 is 0 Å². The van der Waals surface area contributed by atoms with Crippen LogP contribution in [0.25, 0.3) is 0 Å². The number of aliphatic carboxylic acids is 1. The molecule has 1 aliphatic heterocycles. The van der Waals surface area contributed by atoms with Crippen LogP contribution in [0.2, 0.25) is 0 Å². The number of aromatic nitrogens is 2. The number of hydrogen-bond donors (Lipinski definition) is 7. The van der Waals surface area contributed by atoms with Crippen molar-refractivity contribution in [1.29, 1.82) is 0 Å². The zero-order chi connectivity index (χ0) is 42.3. The van der Waals surface area contributed by atoms with Gasteiger partial charge in [-0.1, -0.05) is 23.8 Å². The van der Waals surface area contributed by atoms with Crippen molar-refractivity contribution in [2.24, 2.45) is 0 Å². The molecule has 2 heterocycles. The number of anilines is 2. The number of sulfonamides is 1. The molecule has 20 heteroatoms. The number of aryl methyl sites for hydroxylation is 3. The van der Waals surface area contributed by atoms with E-state index < -0.39 is 74.1 Å². The van der Waals surface area contributed by atoms with Crippen molar-refractivity contribution in [2.75, 3.05) is 29.1 Å². The van der Waals surface area contributed by atoms with Crippen LogP contribution in [0.3, 0.4) is 0 Å². The van der Waals surface area contributed by atoms with E-state index in [1.165, 1.54) is 0 Å². The number of nitrogens with zero attached hydrogens (tertiary/aromatic N) is 2. The fourth-order valence-corrected chi connectivity index (χ4v) is 9.12. The number of rotatable bonds is 18. The van der Waals surface area contributed by atoms with E-state index in [2.05, 4.69) is 30.6 Å². The summed E-state index contributed by atoms with van der Waals surface area (Å²) in [4.78, 5) is 60.8. The highest BCUT2D eigenvalue weighted by molar-refractivity contribution is 7.89. The summed E-state index contributed by atoms with van der Waals surface area (Å²) in [6.45, 7) is 9.75. The first-order valence-electron chi connectivity index (χ1n) is 18.2. The second-order valence-electron chi connectivity index (χ2n) is 15.1. The first-order valence-corrected chi connectivity index (χ1v) is 21.3. The van der Waals surface area contributed by atoms with E-state index in [4.69, 9.17) is 4.74 Å². The molecular formula is C37H51N7O11S2. The molecule has 312 valence electrons. The van der Waals surface area contributed by atoms with Gasteiger partial charge in [0.1, 0.15) is 17.7 Å². The minimum atomic E-state index is -4.48. The second kappa shape index (κ2) is 18.5. The summed E-state index contributed by atoms with van der Waals surface area (Å²) in [6.07, 6.45) is 2.79. The van der Waals surface area contributed by atoms with Crippen LogP contribution in [0, 0.1) is 20.8 Å². The maximum Gasteiger partial charge on any atom is 0.407 e. The Kier molecular flexibility index (Phi) is 14.5. The van der Waals surface area contributed by atoms with Gasteiger partial charge < -0.3 is 35.7 Å². The highest BCUT2D eigenvalue weighted by Crippen LogP contribution is 2.33. The minimum absolute atomic E-state index is 0.0659. The average molecular weight is 834 g/mol. The number of fused-ring (bicyclic) bond motifs is 1. The third-order valence-electron chi connectivity index (χ3n) is 8.97. The Morgan fingerprint density at radius 3 is 2.33 bits per heavy atom. The number of benzene rings is 2. The SMILES string of the molecule is Cc1cc(C)c(S(=O)(=O)N[C@@H](CNC(=O)C2CC(=O)c3ccc(CNc4ncc[nH]4)cc3N2CCCC[C@H](CS(=O)(=O)O)NC(=O)OC(C)(C)C)C(=O)O)c(C)c1. The Morgan fingerprint density at radius 2 is 1.74 bits per heavy atom. The van der Waals surface area contributed by atoms with Crippen molar-refractivity contribution in [3.05, 3.63) is 70.5 Å². The standard InChI is InChI=1S/C37H51N7O11S2/c1-22-15-23(2)32(24(3)16-22)57(53,54)43-28(34(47)48)20-40-33(46)30-18-31(45)27-11-10-25(19-41-35-38-12-13-39-35)17-29(27)44(30)14-8-7-9-26(21-56(50,51)52)42-36(49)55-37(4,5)6/h10-13,15-17,26,28,30,43H,7-9,14,18-21H2,1-6H3,(H,40,46)(H,42,49)(H,47,48)(H2,38,39,41)(H,50,51,52)/t26-,28+,30?/m1/s1. The number of carbonyl (C=O) groups is 4. The number of hydrogen-bond acceptors (Lipinski definition) is 12. The summed E-state index contributed by atoms with van der Waals surface area (Å²) < 4.78 is 67.3. The van der Waals surface area contributed by atoms with E-state index in [1.807, 2.05) is 0 Å². The van der Waals surface area contributed by atoms with E-state index in [9.17, 15) is 45.7 Å². The summed E-state index contributed by atoms with van der Waals surface area (Å²) in [6, 6.07) is 4.58. The lowest BCUT2D eigenvalue weighted by Gasteiger charge is -2.38. The van der Waals surface area contributed by atoms with Gasteiger partial charge in [-0.25, -0.2) is 18.2 Å². The molecule has 3 aromatic rings. The fraction of sp³-hybridized carbons (Fsp3) is 0.486. The second-order valence-corrected chi connectivity index (χ2v) is 18.2. The predicted octanol–water partition coefficient (Wildman–Crippen LogP) is 3.21. The smallest absolute Gasteiger partial charge is 0.407 e. The number of ketones is 1. The number of imidazole rings is 1. The number of ether oxygens (including phenoxy) is 1. The van der Waals surface area contributed by atoms with Crippen LogP contribution in [0.4, 0.5) is 16.4 Å². The number of Topliss-reactive ketones (excluding diaryl/α,β-unsaturated/α-hetero) is 1. The molecule has 0 bridgehead atoms. The van der Waals surface area contributed by atoms with Crippen molar-refractivity contribution >= 4 is 55.5 Å². The predicted molar refractivity (Wildman–Crippen MR) is 211 cm³/mol. The number of carbonyl (C=O) groups excluding carboxylic acids is 3. The summed E-state index contributed by atoms with van der Waals surface area (Å²) in [5, 5.41) is 18.1. The molecule has 57 heavy (non-hydrogen) atoms. The van der Waals surface area contributed by atoms with Crippen molar-refractivity contribution < 1.29 is 50.4 Å². The summed E-state index contributed by atoms with van der Waals surface area (Å²) >= 11 is 0. The summed E-state index contributed by atoms with van der Waals surface area (Å²) in [7, 11) is -8.82. The minimum Gasteiger partial charge on any atom is -0.480 e. The van der Waals surface area contributed by atoms with Gasteiger partial charge >= 0.3 is 12.1 Å². The van der Waals surface area contributed by atoms with Crippen molar-refractivity contribution in [3.8, 4) is 0 Å². The van der Waals surface area contributed by atoms with Crippen LogP contribution in [-0.2, 0) is 41.0 Å². The van der Waals surface area contributed by atoms with Crippen LogP contribution in [-0.4, -0.2) is 103 Å². The number of carboxylic acids is 1. The van der Waals surface area contributed by atoms with E-state index in [0.717, 1.165) is 11.1 Å². The molecule has 0 aliphatic carbocycles. The van der Waals surface area contributed by atoms with Crippen LogP contribution in [0.5, 0.6) is 0 Å². The number of unbranched alkanes of at least 4 members (excludes halogenated alkanes) is 1. The highest BCUT2D eigenvalue weighted by atomic mass is 32.2. The number of H-pyrrole nitrogens is 1. The highest BCUT2D eigenvalue weighted by Gasteiger charge is 2.37. The Morgan fingerprint density at radius 1 is 1.05 bits per heavy atom. The average Bonchev–Trinajstić information content (AvgIpc) is 3.59. The lowest BCUT2D eigenvalue weighted by Crippen LogP contribution is -2.55. The quantitative estimate of drug-likeness (QED) is 0.0717. The normalized spacial score (nSPS) is 15.7. The monoisotopic (exact) mass is 833 g/mol. The molecule has 1 aliphatic rings. The van der Waals surface area contributed by atoms with Gasteiger partial charge in [0.25, 0.3) is 10.1 Å². The number of aromatic amines is 1. The van der Waals surface area contributed by atoms with Gasteiger partial charge in [0.15, 0.2) is 11.7 Å². The lowest BCUT2D eigenvalue weighted by molar-refractivity contribution is -0.139. The van der Waals surface area contributed by atoms with Gasteiger partial charge in [-0.05, 0) is 89.6 Å². The molecule has 2 amide bonds. The largest absolute Gasteiger partial charge is 0.480 e. The maximum absolute atomic E-state index is 13.9. The third kappa shape index (κ3) is 13.0. The molecule has 0 fully saturated rings. The molecule has 2 aromatic carbocycles. The molecule has 1 aromatic heterocycles. The molecule has 3 atom stereocenters. The van der Waals surface area contributed by atoms with Gasteiger partial charge in [-0.15, -0.1) is 0 Å². The van der Waals surface area contributed by atoms with Crippen molar-refractivity contribution in [2.45, 2.75) is 102 Å². The molecule has 0 saturated carbocycles. The van der Waals surface area contributed by atoms with Gasteiger partial charge in [-0.2, -0.15) is 13.1 Å². The molecule has 18 nitrogen and oxygen atoms in total. The Labute approximate surface area is 332 Å². The van der Waals surface area contributed by atoms with Crippen LogP contribution in [0.1, 0.15) is 79.1 Å². The Balaban J connectivity index is 1.56. The van der Waals surface area contributed by atoms with E-state index >= 15 is 0 Å². The Hall–Kier alpha value is -5.05. The first kappa shape index (κ1) is 44.7. The Bertz CT molecular complexity index is 2150. The molecule has 1 unspecified atom stereocenters. The van der Waals surface area contributed by atoms with Crippen molar-refractivity contribution in [3.63, 3.8) is 0 Å². The van der Waals surface area contributed by atoms with E-state index in [0.29, 0.717) is 47.7 Å². The number of carboxylic acid groups (broad SMARTS) is 1. The summed E-state index contributed by atoms with van der Waals surface area (Å²) in [5.74, 6) is -2.85. The van der Waals surface area contributed by atoms with E-state index in [-0.39, 0.29) is 30.1 Å².